The molecule has 3 aliphatic carbocycles. The van der Waals surface area contributed by atoms with E-state index in [-0.39, 0.29) is 16.9 Å². The Bertz CT molecular complexity index is 1630. The molecule has 2 unspecified atom stereocenters. The van der Waals surface area contributed by atoms with Gasteiger partial charge in [-0.15, -0.1) is 0 Å². The van der Waals surface area contributed by atoms with Gasteiger partial charge >= 0.3 is 6.01 Å². The van der Waals surface area contributed by atoms with Crippen LogP contribution < -0.4 is 9.64 Å². The molecule has 1 amide bonds. The first-order chi connectivity index (χ1) is 20.9. The Morgan fingerprint density at radius 1 is 1.09 bits per heavy atom. The first-order valence-electron chi connectivity index (χ1n) is 15.6. The van der Waals surface area contributed by atoms with E-state index in [1.54, 1.807) is 6.20 Å². The van der Waals surface area contributed by atoms with Crippen LogP contribution in [0.3, 0.4) is 0 Å². The number of ether oxygens (including phenoxy) is 1. The highest BCUT2D eigenvalue weighted by atomic mass is 19.1. The number of pyridine rings is 1. The lowest BCUT2D eigenvalue weighted by atomic mass is 9.96. The number of aromatic nitrogens is 3. The van der Waals surface area contributed by atoms with Gasteiger partial charge in [-0.1, -0.05) is 24.8 Å². The van der Waals surface area contributed by atoms with Crippen LogP contribution in [0.25, 0.3) is 22.2 Å². The van der Waals surface area contributed by atoms with Gasteiger partial charge in [0, 0.05) is 49.9 Å². The lowest BCUT2D eigenvalue weighted by Gasteiger charge is -2.35. The number of anilines is 1. The van der Waals surface area contributed by atoms with Crippen LogP contribution in [0, 0.1) is 17.2 Å². The summed E-state index contributed by atoms with van der Waals surface area (Å²) in [6.45, 7) is 8.32. The van der Waals surface area contributed by atoms with E-state index in [0.29, 0.717) is 61.5 Å². The summed E-state index contributed by atoms with van der Waals surface area (Å²) in [4.78, 5) is 32.2. The van der Waals surface area contributed by atoms with Crippen molar-refractivity contribution in [1.82, 2.24) is 24.8 Å². The minimum absolute atomic E-state index is 0.0942. The van der Waals surface area contributed by atoms with Gasteiger partial charge in [-0.3, -0.25) is 9.78 Å². The molecule has 3 aromatic rings. The van der Waals surface area contributed by atoms with Crippen LogP contribution in [-0.4, -0.2) is 83.1 Å². The topological polar surface area (TPSA) is 74.7 Å². The molecule has 5 aliphatic rings. The van der Waals surface area contributed by atoms with E-state index < -0.39 is 17.6 Å². The molecule has 43 heavy (non-hydrogen) atoms. The number of carbonyl (C=O) groups is 1. The molecule has 0 radical (unpaired) electrons. The fourth-order valence-electron chi connectivity index (χ4n) is 7.51. The minimum atomic E-state index is -0.969. The van der Waals surface area contributed by atoms with Crippen LogP contribution in [0.1, 0.15) is 49.1 Å². The molecule has 2 saturated carbocycles. The maximum Gasteiger partial charge on any atom is 0.319 e. The van der Waals surface area contributed by atoms with Crippen molar-refractivity contribution in [1.29, 1.82) is 0 Å². The first-order valence-corrected chi connectivity index (χ1v) is 15.6. The molecule has 0 N–H and O–H groups in total. The molecule has 2 saturated heterocycles. The summed E-state index contributed by atoms with van der Waals surface area (Å²) in [6.07, 6.45) is 8.57. The molecule has 10 heteroatoms. The number of nitrogens with zero attached hydrogens (tertiary/aromatic N) is 6. The number of amides is 1. The maximum atomic E-state index is 16.6. The zero-order chi connectivity index (χ0) is 29.3. The van der Waals surface area contributed by atoms with Gasteiger partial charge in [0.15, 0.2) is 11.6 Å². The number of carbonyl (C=O) groups excluding carboxylic acids is 1. The van der Waals surface area contributed by atoms with Crippen molar-refractivity contribution in [2.24, 2.45) is 11.3 Å². The smallest absolute Gasteiger partial charge is 0.319 e. The van der Waals surface area contributed by atoms with E-state index in [1.165, 1.54) is 28.9 Å². The first kappa shape index (κ1) is 26.9. The fraction of sp³-hybridized carbons (Fsp3) is 0.515. The van der Waals surface area contributed by atoms with E-state index in [0.717, 1.165) is 50.9 Å². The predicted molar refractivity (Wildman–Crippen MR) is 159 cm³/mol. The van der Waals surface area contributed by atoms with Gasteiger partial charge in [0.1, 0.15) is 17.0 Å². The normalized spacial score (nSPS) is 23.8. The molecule has 0 spiro atoms. The van der Waals surface area contributed by atoms with Gasteiger partial charge in [-0.2, -0.15) is 9.97 Å². The van der Waals surface area contributed by atoms with Gasteiger partial charge in [-0.05, 0) is 74.6 Å². The Hall–Kier alpha value is -3.66. The third kappa shape index (κ3) is 4.83. The van der Waals surface area contributed by atoms with E-state index >= 15 is 4.39 Å². The van der Waals surface area contributed by atoms with Crippen molar-refractivity contribution in [3.8, 4) is 17.3 Å². The zero-order valence-corrected chi connectivity index (χ0v) is 24.3. The second kappa shape index (κ2) is 10.2. The van der Waals surface area contributed by atoms with Gasteiger partial charge in [0.2, 0.25) is 0 Å². The van der Waals surface area contributed by atoms with Crippen molar-refractivity contribution in [3.05, 3.63) is 53.7 Å². The Kier molecular flexibility index (Phi) is 6.40. The summed E-state index contributed by atoms with van der Waals surface area (Å²) in [5.41, 5.74) is 3.98. The van der Waals surface area contributed by atoms with Crippen LogP contribution >= 0.6 is 0 Å². The van der Waals surface area contributed by atoms with Crippen LogP contribution in [-0.2, 0) is 11.2 Å². The molecular formula is C33H36F2N6O2. The summed E-state index contributed by atoms with van der Waals surface area (Å²) in [5.74, 6) is -0.451. The predicted octanol–water partition coefficient (Wildman–Crippen LogP) is 4.88. The average molecular weight is 587 g/mol. The standard InChI is InChI=1S/C33H36F2N6O2/c1-20(34)31(42)41-13-11-40(12-14-41)30-25-17-36-28(23-6-4-5-21-15-22-16-24(22)26(21)23)27(35)29(25)37-32(38-30)43-19-33(7-8-33)18-39-9-2-3-10-39/h4-6,17,22,24H,1-3,7-16,18-19H2. The molecule has 2 atom stereocenters. The molecule has 8 nitrogen and oxygen atoms in total. The monoisotopic (exact) mass is 586 g/mol. The number of hydrogen-bond donors (Lipinski definition) is 0. The van der Waals surface area contributed by atoms with Crippen molar-refractivity contribution < 1.29 is 18.3 Å². The largest absolute Gasteiger partial charge is 0.463 e. The van der Waals surface area contributed by atoms with Gasteiger partial charge < -0.3 is 19.4 Å². The van der Waals surface area contributed by atoms with Crippen molar-refractivity contribution in [2.45, 2.75) is 44.4 Å². The Balaban J connectivity index is 1.14. The van der Waals surface area contributed by atoms with Gasteiger partial charge in [0.25, 0.3) is 5.91 Å². The summed E-state index contributed by atoms with van der Waals surface area (Å²) in [6, 6.07) is 6.27. The molecule has 2 aromatic heterocycles. The lowest BCUT2D eigenvalue weighted by Crippen LogP contribution is -2.49. The van der Waals surface area contributed by atoms with Crippen LogP contribution in [0.5, 0.6) is 6.01 Å². The van der Waals surface area contributed by atoms with Crippen molar-refractivity contribution in [2.75, 3.05) is 57.3 Å². The quantitative estimate of drug-likeness (QED) is 0.349. The van der Waals surface area contributed by atoms with E-state index in [9.17, 15) is 9.18 Å². The maximum absolute atomic E-state index is 16.6. The third-order valence-corrected chi connectivity index (χ3v) is 10.2. The number of hydrogen-bond acceptors (Lipinski definition) is 7. The summed E-state index contributed by atoms with van der Waals surface area (Å²) >= 11 is 0. The van der Waals surface area contributed by atoms with Crippen LogP contribution in [0.15, 0.2) is 36.8 Å². The number of piperazine rings is 1. The number of likely N-dealkylation sites (tertiary alicyclic amines) is 1. The van der Waals surface area contributed by atoms with E-state index in [4.69, 9.17) is 9.72 Å². The van der Waals surface area contributed by atoms with Crippen LogP contribution in [0.4, 0.5) is 14.6 Å². The highest BCUT2D eigenvalue weighted by Crippen LogP contribution is 2.58. The SMILES string of the molecule is C=C(F)C(=O)N1CCN(c2nc(OCC3(CN4CCCC4)CC3)nc3c(F)c(-c4cccc5c4C4CC4C5)ncc23)CC1. The molecule has 0 bridgehead atoms. The van der Waals surface area contributed by atoms with Crippen molar-refractivity contribution >= 4 is 22.6 Å². The molecular weight excluding hydrogens is 550 g/mol. The summed E-state index contributed by atoms with van der Waals surface area (Å²) in [5, 5.41) is 0.498. The molecule has 8 rings (SSSR count). The molecule has 4 fully saturated rings. The second-order valence-corrected chi connectivity index (χ2v) is 13.2. The van der Waals surface area contributed by atoms with E-state index in [2.05, 4.69) is 27.5 Å². The number of rotatable bonds is 8. The zero-order valence-electron chi connectivity index (χ0n) is 24.3. The summed E-state index contributed by atoms with van der Waals surface area (Å²) < 4.78 is 36.4. The second-order valence-electron chi connectivity index (χ2n) is 13.2. The van der Waals surface area contributed by atoms with Crippen LogP contribution in [0.2, 0.25) is 0 Å². The highest BCUT2D eigenvalue weighted by molar-refractivity contribution is 5.93. The molecule has 224 valence electrons. The number of benzene rings is 1. The van der Waals surface area contributed by atoms with E-state index in [1.807, 2.05) is 17.0 Å². The Morgan fingerprint density at radius 2 is 1.88 bits per heavy atom. The number of fused-ring (bicyclic) bond motifs is 4. The Labute approximate surface area is 249 Å². The van der Waals surface area contributed by atoms with Gasteiger partial charge in [-0.25, -0.2) is 8.78 Å². The molecule has 1 aromatic carbocycles. The van der Waals surface area contributed by atoms with Gasteiger partial charge in [0.05, 0.1) is 12.0 Å². The highest BCUT2D eigenvalue weighted by Gasteiger charge is 2.47. The third-order valence-electron chi connectivity index (χ3n) is 10.2. The van der Waals surface area contributed by atoms with Crippen molar-refractivity contribution in [3.63, 3.8) is 0 Å². The summed E-state index contributed by atoms with van der Waals surface area (Å²) in [7, 11) is 0. The number of halogens is 2. The average Bonchev–Trinajstić information content (AvgIpc) is 3.86. The lowest BCUT2D eigenvalue weighted by molar-refractivity contribution is -0.128. The molecule has 4 heterocycles. The minimum Gasteiger partial charge on any atom is -0.463 e. The Morgan fingerprint density at radius 3 is 2.63 bits per heavy atom. The molecule has 2 aliphatic heterocycles. The fourth-order valence-corrected chi connectivity index (χ4v) is 7.51.